The summed E-state index contributed by atoms with van der Waals surface area (Å²) in [4.78, 5) is 20.1. The molecular formula is C24H24N8. The van der Waals surface area contributed by atoms with Gasteiger partial charge in [-0.15, -0.1) is 0 Å². The second-order valence-corrected chi connectivity index (χ2v) is 7.63. The summed E-state index contributed by atoms with van der Waals surface area (Å²) in [6.45, 7) is 1.88. The molecule has 1 saturated heterocycles. The third kappa shape index (κ3) is 4.64. The number of aromatic nitrogens is 4. The molecule has 0 unspecified atom stereocenters. The summed E-state index contributed by atoms with van der Waals surface area (Å²) < 4.78 is 0. The van der Waals surface area contributed by atoms with Crippen molar-refractivity contribution in [2.75, 3.05) is 28.7 Å². The molecule has 4 aromatic rings. The van der Waals surface area contributed by atoms with Gasteiger partial charge in [0.2, 0.25) is 17.8 Å². The molecule has 8 nitrogen and oxygen atoms in total. The zero-order valence-electron chi connectivity index (χ0n) is 17.6. The lowest BCUT2D eigenvalue weighted by Crippen LogP contribution is -2.31. The Kier molecular flexibility index (Phi) is 5.83. The van der Waals surface area contributed by atoms with E-state index in [2.05, 4.69) is 53.9 Å². The van der Waals surface area contributed by atoms with Crippen LogP contribution < -0.4 is 15.6 Å². The number of benzene rings is 2. The monoisotopic (exact) mass is 424 g/mol. The lowest BCUT2D eigenvalue weighted by molar-refractivity contribution is 0.568. The Balaban J connectivity index is 1.45. The zero-order valence-corrected chi connectivity index (χ0v) is 17.6. The van der Waals surface area contributed by atoms with Crippen LogP contribution in [0.3, 0.4) is 0 Å². The molecule has 0 spiro atoms. The summed E-state index contributed by atoms with van der Waals surface area (Å²) in [5.41, 5.74) is 4.84. The van der Waals surface area contributed by atoms with Gasteiger partial charge in [0, 0.05) is 36.6 Å². The second-order valence-electron chi connectivity index (χ2n) is 7.63. The molecule has 32 heavy (non-hydrogen) atoms. The van der Waals surface area contributed by atoms with Crippen molar-refractivity contribution in [2.45, 2.75) is 19.3 Å². The van der Waals surface area contributed by atoms with Gasteiger partial charge in [0.25, 0.3) is 0 Å². The predicted molar refractivity (Wildman–Crippen MR) is 129 cm³/mol. The third-order valence-electron chi connectivity index (χ3n) is 5.38. The molecule has 1 fully saturated rings. The Morgan fingerprint density at radius 1 is 0.812 bits per heavy atom. The van der Waals surface area contributed by atoms with E-state index in [-0.39, 0.29) is 0 Å². The Labute approximate surface area is 186 Å². The minimum absolute atomic E-state index is 0.397. The maximum atomic E-state index is 4.72. The molecule has 0 aliphatic carbocycles. The summed E-state index contributed by atoms with van der Waals surface area (Å²) in [6.07, 6.45) is 8.69. The molecule has 160 valence electrons. The van der Waals surface area contributed by atoms with Crippen molar-refractivity contribution in [3.63, 3.8) is 0 Å². The maximum Gasteiger partial charge on any atom is 0.250 e. The number of hydrazone groups is 1. The Bertz CT molecular complexity index is 1210. The highest BCUT2D eigenvalue weighted by atomic mass is 15.4. The minimum atomic E-state index is 0.397. The minimum Gasteiger partial charge on any atom is -0.341 e. The average molecular weight is 425 g/mol. The molecule has 3 heterocycles. The van der Waals surface area contributed by atoms with E-state index in [1.807, 2.05) is 36.4 Å². The van der Waals surface area contributed by atoms with Gasteiger partial charge in [0.1, 0.15) is 0 Å². The molecule has 2 aromatic heterocycles. The molecule has 8 heteroatoms. The van der Waals surface area contributed by atoms with Crippen molar-refractivity contribution in [2.24, 2.45) is 5.10 Å². The quantitative estimate of drug-likeness (QED) is 0.345. The van der Waals surface area contributed by atoms with Gasteiger partial charge >= 0.3 is 0 Å². The fourth-order valence-corrected chi connectivity index (χ4v) is 3.77. The van der Waals surface area contributed by atoms with Crippen LogP contribution >= 0.6 is 0 Å². The topological polar surface area (TPSA) is 91.2 Å². The highest BCUT2D eigenvalue weighted by Crippen LogP contribution is 2.26. The van der Waals surface area contributed by atoms with Gasteiger partial charge in [-0.1, -0.05) is 36.4 Å². The van der Waals surface area contributed by atoms with Crippen molar-refractivity contribution in [3.05, 3.63) is 72.6 Å². The van der Waals surface area contributed by atoms with Crippen LogP contribution in [0.2, 0.25) is 0 Å². The molecule has 0 bridgehead atoms. The van der Waals surface area contributed by atoms with Crippen LogP contribution in [-0.4, -0.2) is 39.2 Å². The Morgan fingerprint density at radius 2 is 1.59 bits per heavy atom. The van der Waals surface area contributed by atoms with E-state index in [1.54, 1.807) is 18.6 Å². The first-order chi connectivity index (χ1) is 15.8. The van der Waals surface area contributed by atoms with Crippen LogP contribution in [0.1, 0.15) is 24.8 Å². The van der Waals surface area contributed by atoms with Gasteiger partial charge < -0.3 is 10.2 Å². The summed E-state index contributed by atoms with van der Waals surface area (Å²) in [5.74, 6) is 1.54. The number of rotatable bonds is 6. The normalized spacial score (nSPS) is 14.1. The summed E-state index contributed by atoms with van der Waals surface area (Å²) >= 11 is 0. The van der Waals surface area contributed by atoms with Gasteiger partial charge in [0.05, 0.1) is 6.21 Å². The second kappa shape index (κ2) is 9.38. The van der Waals surface area contributed by atoms with Crippen LogP contribution in [0.4, 0.5) is 23.5 Å². The number of fused-ring (bicyclic) bond motifs is 1. The molecule has 0 radical (unpaired) electrons. The largest absolute Gasteiger partial charge is 0.341 e. The smallest absolute Gasteiger partial charge is 0.250 e. The van der Waals surface area contributed by atoms with Gasteiger partial charge in [-0.2, -0.15) is 20.1 Å². The molecule has 0 amide bonds. The SMILES string of the molecule is C(=N\Nc1nc(Nc2cccc3ccccc23)nc(N2CCCCC2)n1)/c1ccncc1. The third-order valence-corrected chi connectivity index (χ3v) is 5.38. The van der Waals surface area contributed by atoms with Crippen molar-refractivity contribution >= 4 is 40.5 Å². The Morgan fingerprint density at radius 3 is 2.47 bits per heavy atom. The number of nitrogens with one attached hydrogen (secondary N) is 2. The maximum absolute atomic E-state index is 4.72. The first-order valence-corrected chi connectivity index (χ1v) is 10.8. The summed E-state index contributed by atoms with van der Waals surface area (Å²) in [7, 11) is 0. The van der Waals surface area contributed by atoms with E-state index in [0.29, 0.717) is 17.8 Å². The number of anilines is 4. The number of piperidine rings is 1. The van der Waals surface area contributed by atoms with Gasteiger partial charge in [-0.25, -0.2) is 5.43 Å². The molecule has 0 saturated carbocycles. The number of hydrogen-bond acceptors (Lipinski definition) is 8. The molecule has 2 aromatic carbocycles. The fraction of sp³-hybridized carbons (Fsp3) is 0.208. The van der Waals surface area contributed by atoms with Crippen molar-refractivity contribution < 1.29 is 0 Å². The molecule has 1 aliphatic rings. The summed E-state index contributed by atoms with van der Waals surface area (Å²) in [5, 5.41) is 9.95. The van der Waals surface area contributed by atoms with E-state index in [0.717, 1.165) is 48.0 Å². The molecule has 0 atom stereocenters. The number of pyridine rings is 1. The van der Waals surface area contributed by atoms with Gasteiger partial charge in [-0.05, 0) is 48.4 Å². The fourth-order valence-electron chi connectivity index (χ4n) is 3.77. The van der Waals surface area contributed by atoms with Crippen molar-refractivity contribution in [1.82, 2.24) is 19.9 Å². The first-order valence-electron chi connectivity index (χ1n) is 10.8. The zero-order chi connectivity index (χ0) is 21.6. The lowest BCUT2D eigenvalue weighted by Gasteiger charge is -2.26. The van der Waals surface area contributed by atoms with E-state index in [4.69, 9.17) is 4.98 Å². The van der Waals surface area contributed by atoms with E-state index < -0.39 is 0 Å². The van der Waals surface area contributed by atoms with E-state index in [9.17, 15) is 0 Å². The molecule has 2 N–H and O–H groups in total. The lowest BCUT2D eigenvalue weighted by atomic mass is 10.1. The molecular weight excluding hydrogens is 400 g/mol. The Hall–Kier alpha value is -4.07. The molecule has 1 aliphatic heterocycles. The standard InChI is InChI=1S/C24H24N8/c1-4-15-32(16-5-1)24-29-22(27-21-10-6-8-19-7-2-3-9-20(19)21)28-23(30-24)31-26-17-18-11-13-25-14-12-18/h2-3,6-14,17H,1,4-5,15-16H2,(H2,27,28,29,30,31)/b26-17+. The van der Waals surface area contributed by atoms with Gasteiger partial charge in [-0.3, -0.25) is 4.98 Å². The van der Waals surface area contributed by atoms with Crippen LogP contribution in [0.5, 0.6) is 0 Å². The highest BCUT2D eigenvalue weighted by Gasteiger charge is 2.16. The van der Waals surface area contributed by atoms with E-state index >= 15 is 0 Å². The highest BCUT2D eigenvalue weighted by molar-refractivity contribution is 5.94. The van der Waals surface area contributed by atoms with Crippen molar-refractivity contribution in [1.29, 1.82) is 0 Å². The van der Waals surface area contributed by atoms with E-state index in [1.165, 1.54) is 6.42 Å². The predicted octanol–water partition coefficient (Wildman–Crippen LogP) is 4.60. The number of hydrogen-bond donors (Lipinski definition) is 2. The first kappa shape index (κ1) is 19.9. The van der Waals surface area contributed by atoms with Gasteiger partial charge in [0.15, 0.2) is 0 Å². The van der Waals surface area contributed by atoms with Crippen molar-refractivity contribution in [3.8, 4) is 0 Å². The molecule has 5 rings (SSSR count). The number of nitrogens with zero attached hydrogens (tertiary/aromatic N) is 6. The van der Waals surface area contributed by atoms with Crippen LogP contribution in [0.25, 0.3) is 10.8 Å². The van der Waals surface area contributed by atoms with Crippen LogP contribution in [-0.2, 0) is 0 Å². The van der Waals surface area contributed by atoms with Crippen LogP contribution in [0, 0.1) is 0 Å². The van der Waals surface area contributed by atoms with Crippen LogP contribution in [0.15, 0.2) is 72.1 Å². The average Bonchev–Trinajstić information content (AvgIpc) is 2.85. The summed E-state index contributed by atoms with van der Waals surface area (Å²) in [6, 6.07) is 18.1.